The predicted molar refractivity (Wildman–Crippen MR) is 115 cm³/mol. The molecule has 0 fully saturated rings. The van der Waals surface area contributed by atoms with E-state index in [-0.39, 0.29) is 11.3 Å². The number of anilines is 1. The number of nitrogens with one attached hydrogen (secondary N) is 2. The van der Waals surface area contributed by atoms with E-state index in [2.05, 4.69) is 10.0 Å². The van der Waals surface area contributed by atoms with Gasteiger partial charge in [0.05, 0.1) is 4.90 Å². The lowest BCUT2D eigenvalue weighted by Crippen LogP contribution is -2.45. The first-order valence-corrected chi connectivity index (χ1v) is 10.8. The predicted octanol–water partition coefficient (Wildman–Crippen LogP) is 3.83. The molecule has 0 radical (unpaired) electrons. The van der Waals surface area contributed by atoms with Gasteiger partial charge in [0.2, 0.25) is 15.9 Å². The number of carbonyl (C=O) groups excluding carboxylic acids is 1. The third-order valence-corrected chi connectivity index (χ3v) is 6.30. The fourth-order valence-electron chi connectivity index (χ4n) is 3.00. The summed E-state index contributed by atoms with van der Waals surface area (Å²) in [5.74, 6) is -0.401. The average molecular weight is 409 g/mol. The number of aryl methyl sites for hydroxylation is 1. The van der Waals surface area contributed by atoms with Gasteiger partial charge in [-0.25, -0.2) is 8.42 Å². The number of hydrogen-bond donors (Lipinski definition) is 2. The molecule has 0 aromatic heterocycles. The Hall–Kier alpha value is -2.96. The molecule has 6 heteroatoms. The normalized spacial score (nSPS) is 12.3. The lowest BCUT2D eigenvalue weighted by Gasteiger charge is -2.20. The SMILES string of the molecule is Cc1cccc(NC(=O)[C@H](Cc2ccccc2)NS(=O)(=O)c2ccccc2)c1C. The van der Waals surface area contributed by atoms with Gasteiger partial charge in [-0.3, -0.25) is 4.79 Å². The van der Waals surface area contributed by atoms with Gasteiger partial charge in [-0.15, -0.1) is 0 Å². The molecule has 3 aromatic carbocycles. The molecule has 0 aliphatic heterocycles. The summed E-state index contributed by atoms with van der Waals surface area (Å²) in [5.41, 5.74) is 3.54. The van der Waals surface area contributed by atoms with Crippen LogP contribution in [0.5, 0.6) is 0 Å². The molecule has 0 aliphatic rings. The van der Waals surface area contributed by atoms with E-state index in [4.69, 9.17) is 0 Å². The number of hydrogen-bond acceptors (Lipinski definition) is 3. The molecule has 2 N–H and O–H groups in total. The highest BCUT2D eigenvalue weighted by Gasteiger charge is 2.26. The highest BCUT2D eigenvalue weighted by atomic mass is 32.2. The minimum atomic E-state index is -3.85. The Balaban J connectivity index is 1.88. The number of amides is 1. The van der Waals surface area contributed by atoms with Crippen LogP contribution in [0.4, 0.5) is 5.69 Å². The first kappa shape index (κ1) is 20.8. The average Bonchev–Trinajstić information content (AvgIpc) is 2.72. The Morgan fingerprint density at radius 3 is 2.14 bits per heavy atom. The molecule has 0 aliphatic carbocycles. The van der Waals surface area contributed by atoms with Crippen molar-refractivity contribution in [1.82, 2.24) is 4.72 Å². The molecule has 150 valence electrons. The summed E-state index contributed by atoms with van der Waals surface area (Å²) < 4.78 is 28.2. The van der Waals surface area contributed by atoms with Crippen LogP contribution in [0.3, 0.4) is 0 Å². The first-order valence-electron chi connectivity index (χ1n) is 9.35. The van der Waals surface area contributed by atoms with Gasteiger partial charge in [0, 0.05) is 5.69 Å². The fourth-order valence-corrected chi connectivity index (χ4v) is 4.22. The van der Waals surface area contributed by atoms with Crippen LogP contribution in [0.25, 0.3) is 0 Å². The molecule has 0 saturated heterocycles. The van der Waals surface area contributed by atoms with Gasteiger partial charge in [-0.1, -0.05) is 60.7 Å². The van der Waals surface area contributed by atoms with E-state index in [1.54, 1.807) is 18.2 Å². The summed E-state index contributed by atoms with van der Waals surface area (Å²) in [6.07, 6.45) is 0.240. The Morgan fingerprint density at radius 1 is 0.862 bits per heavy atom. The Labute approximate surface area is 171 Å². The molecule has 0 bridgehead atoms. The molecule has 1 amide bonds. The molecule has 0 spiro atoms. The minimum absolute atomic E-state index is 0.123. The van der Waals surface area contributed by atoms with Gasteiger partial charge in [0.25, 0.3) is 0 Å². The summed E-state index contributed by atoms with van der Waals surface area (Å²) in [7, 11) is -3.85. The van der Waals surface area contributed by atoms with E-state index in [0.717, 1.165) is 16.7 Å². The molecular weight excluding hydrogens is 384 g/mol. The maximum atomic E-state index is 13.1. The number of sulfonamides is 1. The van der Waals surface area contributed by atoms with Crippen LogP contribution in [0.1, 0.15) is 16.7 Å². The van der Waals surface area contributed by atoms with Crippen molar-refractivity contribution in [3.8, 4) is 0 Å². The highest BCUT2D eigenvalue weighted by Crippen LogP contribution is 2.19. The number of rotatable bonds is 7. The quantitative estimate of drug-likeness (QED) is 0.624. The lowest BCUT2D eigenvalue weighted by molar-refractivity contribution is -0.117. The monoisotopic (exact) mass is 408 g/mol. The van der Waals surface area contributed by atoms with Gasteiger partial charge >= 0.3 is 0 Å². The molecule has 29 heavy (non-hydrogen) atoms. The summed E-state index contributed by atoms with van der Waals surface area (Å²) in [6.45, 7) is 3.88. The Kier molecular flexibility index (Phi) is 6.46. The second kappa shape index (κ2) is 9.03. The maximum Gasteiger partial charge on any atom is 0.242 e. The molecule has 0 heterocycles. The van der Waals surface area contributed by atoms with Crippen LogP contribution in [0.2, 0.25) is 0 Å². The van der Waals surface area contributed by atoms with E-state index in [9.17, 15) is 13.2 Å². The van der Waals surface area contributed by atoms with E-state index in [0.29, 0.717) is 5.69 Å². The van der Waals surface area contributed by atoms with Crippen molar-refractivity contribution in [1.29, 1.82) is 0 Å². The van der Waals surface area contributed by atoms with Crippen LogP contribution in [0, 0.1) is 13.8 Å². The van der Waals surface area contributed by atoms with Crippen molar-refractivity contribution in [3.63, 3.8) is 0 Å². The zero-order valence-electron chi connectivity index (χ0n) is 16.4. The molecule has 5 nitrogen and oxygen atoms in total. The van der Waals surface area contributed by atoms with Crippen molar-refractivity contribution in [2.24, 2.45) is 0 Å². The van der Waals surface area contributed by atoms with Gasteiger partial charge in [-0.05, 0) is 55.2 Å². The van der Waals surface area contributed by atoms with Crippen molar-refractivity contribution in [2.75, 3.05) is 5.32 Å². The molecule has 0 unspecified atom stereocenters. The third-order valence-electron chi connectivity index (χ3n) is 4.81. The van der Waals surface area contributed by atoms with Crippen molar-refractivity contribution in [2.45, 2.75) is 31.2 Å². The Morgan fingerprint density at radius 2 is 1.48 bits per heavy atom. The Bertz CT molecular complexity index is 1080. The molecule has 3 aromatic rings. The van der Waals surface area contributed by atoms with Crippen LogP contribution >= 0.6 is 0 Å². The van der Waals surface area contributed by atoms with Crippen molar-refractivity contribution >= 4 is 21.6 Å². The minimum Gasteiger partial charge on any atom is -0.324 e. The highest BCUT2D eigenvalue weighted by molar-refractivity contribution is 7.89. The zero-order valence-corrected chi connectivity index (χ0v) is 17.2. The van der Waals surface area contributed by atoms with Crippen LogP contribution in [-0.2, 0) is 21.2 Å². The largest absolute Gasteiger partial charge is 0.324 e. The first-order chi connectivity index (χ1) is 13.9. The second-order valence-electron chi connectivity index (χ2n) is 6.91. The summed E-state index contributed by atoms with van der Waals surface area (Å²) in [4.78, 5) is 13.2. The van der Waals surface area contributed by atoms with Crippen LogP contribution in [-0.4, -0.2) is 20.4 Å². The standard InChI is InChI=1S/C23H24N2O3S/c1-17-10-9-15-21(18(17)2)24-23(26)22(16-19-11-5-3-6-12-19)25-29(27,28)20-13-7-4-8-14-20/h3-15,22,25H,16H2,1-2H3,(H,24,26)/t22-/m0/s1. The lowest BCUT2D eigenvalue weighted by atomic mass is 10.0. The molecular formula is C23H24N2O3S. The summed E-state index contributed by atoms with van der Waals surface area (Å²) in [6, 6.07) is 22.1. The van der Waals surface area contributed by atoms with E-state index in [1.165, 1.54) is 12.1 Å². The second-order valence-corrected chi connectivity index (χ2v) is 8.63. The van der Waals surface area contributed by atoms with Gasteiger partial charge in [-0.2, -0.15) is 4.72 Å². The van der Waals surface area contributed by atoms with Crippen LogP contribution in [0.15, 0.2) is 83.8 Å². The van der Waals surface area contributed by atoms with Crippen molar-refractivity contribution in [3.05, 3.63) is 95.6 Å². The van der Waals surface area contributed by atoms with E-state index < -0.39 is 22.0 Å². The molecule has 1 atom stereocenters. The van der Waals surface area contributed by atoms with Gasteiger partial charge < -0.3 is 5.32 Å². The summed E-state index contributed by atoms with van der Waals surface area (Å²) in [5, 5.41) is 2.88. The van der Waals surface area contributed by atoms with E-state index in [1.807, 2.05) is 62.4 Å². The fraction of sp³-hybridized carbons (Fsp3) is 0.174. The van der Waals surface area contributed by atoms with Gasteiger partial charge in [0.15, 0.2) is 0 Å². The number of carbonyl (C=O) groups is 1. The van der Waals surface area contributed by atoms with E-state index >= 15 is 0 Å². The van der Waals surface area contributed by atoms with Gasteiger partial charge in [0.1, 0.15) is 6.04 Å². The smallest absolute Gasteiger partial charge is 0.242 e. The van der Waals surface area contributed by atoms with Crippen LogP contribution < -0.4 is 10.0 Å². The maximum absolute atomic E-state index is 13.1. The molecule has 0 saturated carbocycles. The topological polar surface area (TPSA) is 75.3 Å². The number of benzene rings is 3. The zero-order chi connectivity index (χ0) is 20.9. The van der Waals surface area contributed by atoms with Crippen molar-refractivity contribution < 1.29 is 13.2 Å². The molecule has 3 rings (SSSR count). The third kappa shape index (κ3) is 5.31. The summed E-state index contributed by atoms with van der Waals surface area (Å²) >= 11 is 0.